The minimum Gasteiger partial charge on any atom is -0.356 e. The molecule has 3 N–H and O–H groups in total. The van der Waals surface area contributed by atoms with Gasteiger partial charge in [0, 0.05) is 32.2 Å². The summed E-state index contributed by atoms with van der Waals surface area (Å²) in [6, 6.07) is 10.5. The van der Waals surface area contributed by atoms with Gasteiger partial charge in [0.05, 0.1) is 0 Å². The largest absolute Gasteiger partial charge is 0.356 e. The molecule has 0 heterocycles. The van der Waals surface area contributed by atoms with Crippen LogP contribution in [0.4, 0.5) is 0 Å². The fourth-order valence-corrected chi connectivity index (χ4v) is 1.81. The maximum atomic E-state index is 4.22. The normalized spacial score (nSPS) is 12.3. The lowest BCUT2D eigenvalue weighted by Gasteiger charge is -2.21. The number of benzene rings is 1. The molecule has 0 amide bonds. The molecule has 1 aromatic rings. The molecular weight excluding hydrogens is 248 g/mol. The first kappa shape index (κ1) is 16.5. The molecule has 20 heavy (non-hydrogen) atoms. The van der Waals surface area contributed by atoms with Gasteiger partial charge in [-0.3, -0.25) is 4.99 Å². The number of nitrogens with zero attached hydrogens (tertiary/aromatic N) is 1. The molecular formula is C16H28N4. The Morgan fingerprint density at radius 2 is 1.65 bits per heavy atom. The van der Waals surface area contributed by atoms with Crippen LogP contribution in [0.1, 0.15) is 26.3 Å². The number of hydrogen-bond donors (Lipinski definition) is 3. The standard InChI is InChI=1S/C16H28N4/c1-16(2,3)20-13-12-19-15(17-4)18-11-10-14-8-6-5-7-9-14/h5-9,20H,10-13H2,1-4H3,(H2,17,18,19). The Balaban J connectivity index is 2.17. The predicted molar refractivity (Wildman–Crippen MR) is 87.3 cm³/mol. The molecule has 0 spiro atoms. The topological polar surface area (TPSA) is 48.5 Å². The lowest BCUT2D eigenvalue weighted by molar-refractivity contribution is 0.428. The van der Waals surface area contributed by atoms with E-state index in [2.05, 4.69) is 66.0 Å². The molecule has 0 fully saturated rings. The number of nitrogens with one attached hydrogen (secondary N) is 3. The Bertz CT molecular complexity index is 393. The highest BCUT2D eigenvalue weighted by Gasteiger charge is 2.07. The van der Waals surface area contributed by atoms with Gasteiger partial charge in [-0.2, -0.15) is 0 Å². The highest BCUT2D eigenvalue weighted by atomic mass is 15.2. The van der Waals surface area contributed by atoms with Gasteiger partial charge in [0.25, 0.3) is 0 Å². The summed E-state index contributed by atoms with van der Waals surface area (Å²) in [4.78, 5) is 4.22. The summed E-state index contributed by atoms with van der Waals surface area (Å²) < 4.78 is 0. The monoisotopic (exact) mass is 276 g/mol. The van der Waals surface area contributed by atoms with Gasteiger partial charge in [-0.25, -0.2) is 0 Å². The molecule has 0 radical (unpaired) electrons. The van der Waals surface area contributed by atoms with Crippen molar-refractivity contribution < 1.29 is 0 Å². The molecule has 0 saturated carbocycles. The Morgan fingerprint density at radius 3 is 2.25 bits per heavy atom. The second-order valence-corrected chi connectivity index (χ2v) is 5.84. The van der Waals surface area contributed by atoms with Crippen molar-refractivity contribution in [2.24, 2.45) is 4.99 Å². The van der Waals surface area contributed by atoms with E-state index in [1.54, 1.807) is 7.05 Å². The predicted octanol–water partition coefficient (Wildman–Crippen LogP) is 1.78. The van der Waals surface area contributed by atoms with E-state index in [1.165, 1.54) is 5.56 Å². The molecule has 0 saturated heterocycles. The lowest BCUT2D eigenvalue weighted by atomic mass is 10.1. The zero-order valence-corrected chi connectivity index (χ0v) is 13.2. The maximum Gasteiger partial charge on any atom is 0.191 e. The van der Waals surface area contributed by atoms with Gasteiger partial charge >= 0.3 is 0 Å². The molecule has 0 bridgehead atoms. The van der Waals surface area contributed by atoms with Crippen LogP contribution in [0.25, 0.3) is 0 Å². The number of aliphatic imine (C=N–C) groups is 1. The van der Waals surface area contributed by atoms with Crippen molar-refractivity contribution in [1.82, 2.24) is 16.0 Å². The second kappa shape index (κ2) is 8.59. The van der Waals surface area contributed by atoms with Gasteiger partial charge < -0.3 is 16.0 Å². The molecule has 0 aliphatic carbocycles. The highest BCUT2D eigenvalue weighted by Crippen LogP contribution is 1.98. The van der Waals surface area contributed by atoms with Crippen LogP contribution >= 0.6 is 0 Å². The van der Waals surface area contributed by atoms with E-state index in [0.29, 0.717) is 0 Å². The summed E-state index contributed by atoms with van der Waals surface area (Å²) in [6.07, 6.45) is 1.00. The smallest absolute Gasteiger partial charge is 0.191 e. The van der Waals surface area contributed by atoms with Crippen molar-refractivity contribution in [2.75, 3.05) is 26.7 Å². The SMILES string of the molecule is CN=C(NCCNC(C)(C)C)NCCc1ccccc1. The molecule has 112 valence electrons. The first-order valence-corrected chi connectivity index (χ1v) is 7.25. The van der Waals surface area contributed by atoms with E-state index in [-0.39, 0.29) is 5.54 Å². The molecule has 0 atom stereocenters. The van der Waals surface area contributed by atoms with Crippen molar-refractivity contribution in [2.45, 2.75) is 32.7 Å². The zero-order chi connectivity index (χ0) is 14.8. The second-order valence-electron chi connectivity index (χ2n) is 5.84. The molecule has 0 aromatic heterocycles. The third-order valence-electron chi connectivity index (χ3n) is 2.85. The summed E-state index contributed by atoms with van der Waals surface area (Å²) in [5.74, 6) is 0.858. The molecule has 4 heteroatoms. The van der Waals surface area contributed by atoms with Crippen LogP contribution < -0.4 is 16.0 Å². The quantitative estimate of drug-likeness (QED) is 0.422. The third kappa shape index (κ3) is 7.79. The van der Waals surface area contributed by atoms with Crippen LogP contribution in [0.2, 0.25) is 0 Å². The van der Waals surface area contributed by atoms with Gasteiger partial charge in [-0.1, -0.05) is 30.3 Å². The van der Waals surface area contributed by atoms with E-state index in [1.807, 2.05) is 6.07 Å². The van der Waals surface area contributed by atoms with Gasteiger partial charge in [-0.05, 0) is 32.8 Å². The van der Waals surface area contributed by atoms with E-state index in [9.17, 15) is 0 Å². The van der Waals surface area contributed by atoms with Gasteiger partial charge in [0.2, 0.25) is 0 Å². The maximum absolute atomic E-state index is 4.22. The fourth-order valence-electron chi connectivity index (χ4n) is 1.81. The average molecular weight is 276 g/mol. The van der Waals surface area contributed by atoms with E-state index in [0.717, 1.165) is 32.0 Å². The first-order valence-electron chi connectivity index (χ1n) is 7.25. The van der Waals surface area contributed by atoms with E-state index in [4.69, 9.17) is 0 Å². The van der Waals surface area contributed by atoms with Crippen molar-refractivity contribution in [3.63, 3.8) is 0 Å². The van der Waals surface area contributed by atoms with Gasteiger partial charge in [-0.15, -0.1) is 0 Å². The lowest BCUT2D eigenvalue weighted by Crippen LogP contribution is -2.44. The summed E-state index contributed by atoms with van der Waals surface area (Å²) in [5, 5.41) is 10.1. The number of rotatable bonds is 6. The average Bonchev–Trinajstić information content (AvgIpc) is 2.41. The number of hydrogen-bond acceptors (Lipinski definition) is 2. The summed E-state index contributed by atoms with van der Waals surface area (Å²) in [6.45, 7) is 9.17. The third-order valence-corrected chi connectivity index (χ3v) is 2.85. The Kier molecular flexibility index (Phi) is 7.09. The van der Waals surface area contributed by atoms with Crippen molar-refractivity contribution in [3.8, 4) is 0 Å². The van der Waals surface area contributed by atoms with Gasteiger partial charge in [0.1, 0.15) is 0 Å². The van der Waals surface area contributed by atoms with E-state index < -0.39 is 0 Å². The highest BCUT2D eigenvalue weighted by molar-refractivity contribution is 5.79. The summed E-state index contributed by atoms with van der Waals surface area (Å²) in [7, 11) is 1.80. The van der Waals surface area contributed by atoms with E-state index >= 15 is 0 Å². The minimum atomic E-state index is 0.159. The minimum absolute atomic E-state index is 0.159. The Labute approximate surface area is 123 Å². The van der Waals surface area contributed by atoms with Crippen LogP contribution in [0, 0.1) is 0 Å². The van der Waals surface area contributed by atoms with Crippen LogP contribution in [0.5, 0.6) is 0 Å². The molecule has 0 unspecified atom stereocenters. The van der Waals surface area contributed by atoms with Crippen LogP contribution in [-0.4, -0.2) is 38.2 Å². The van der Waals surface area contributed by atoms with Crippen LogP contribution in [0.15, 0.2) is 35.3 Å². The fraction of sp³-hybridized carbons (Fsp3) is 0.562. The van der Waals surface area contributed by atoms with Crippen molar-refractivity contribution in [1.29, 1.82) is 0 Å². The van der Waals surface area contributed by atoms with Crippen molar-refractivity contribution in [3.05, 3.63) is 35.9 Å². The molecule has 0 aliphatic heterocycles. The Morgan fingerprint density at radius 1 is 1.00 bits per heavy atom. The summed E-state index contributed by atoms with van der Waals surface area (Å²) in [5.41, 5.74) is 1.50. The molecule has 0 aliphatic rings. The zero-order valence-electron chi connectivity index (χ0n) is 13.2. The molecule has 1 aromatic carbocycles. The van der Waals surface area contributed by atoms with Gasteiger partial charge in [0.15, 0.2) is 5.96 Å². The van der Waals surface area contributed by atoms with Crippen LogP contribution in [0.3, 0.4) is 0 Å². The van der Waals surface area contributed by atoms with Crippen molar-refractivity contribution >= 4 is 5.96 Å². The Hall–Kier alpha value is -1.55. The number of guanidine groups is 1. The molecule has 4 nitrogen and oxygen atoms in total. The van der Waals surface area contributed by atoms with Crippen LogP contribution in [-0.2, 0) is 6.42 Å². The summed E-state index contributed by atoms with van der Waals surface area (Å²) >= 11 is 0. The first-order chi connectivity index (χ1) is 9.51. The molecule has 1 rings (SSSR count).